The molecular formula is C20H22N4O2S. The molecule has 140 valence electrons. The van der Waals surface area contributed by atoms with Crippen LogP contribution in [-0.2, 0) is 13.0 Å². The van der Waals surface area contributed by atoms with Gasteiger partial charge in [-0.05, 0) is 50.2 Å². The lowest BCUT2D eigenvalue weighted by Crippen LogP contribution is -2.34. The standard InChI is InChI=1S/C20H22N4O2S/c1-23(2)16(17-5-4-10-27-17)12-21-19(25)13-7-8-14-15(11-13)22-18-6-3-9-24(18)20(14)26/h4-5,7-8,10-11,16H,3,6,9,12H2,1-2H3,(H,21,25). The number of benzene rings is 1. The number of rotatable bonds is 5. The Morgan fingerprint density at radius 3 is 2.96 bits per heavy atom. The van der Waals surface area contributed by atoms with Crippen LogP contribution < -0.4 is 10.9 Å². The second kappa shape index (κ2) is 7.25. The zero-order valence-electron chi connectivity index (χ0n) is 15.4. The molecule has 3 aromatic rings. The highest BCUT2D eigenvalue weighted by Gasteiger charge is 2.19. The quantitative estimate of drug-likeness (QED) is 0.736. The number of amides is 1. The van der Waals surface area contributed by atoms with Gasteiger partial charge in [-0.15, -0.1) is 11.3 Å². The van der Waals surface area contributed by atoms with E-state index in [-0.39, 0.29) is 17.5 Å². The van der Waals surface area contributed by atoms with Gasteiger partial charge in [0.05, 0.1) is 16.9 Å². The summed E-state index contributed by atoms with van der Waals surface area (Å²) in [6.07, 6.45) is 1.76. The fourth-order valence-electron chi connectivity index (χ4n) is 3.53. The van der Waals surface area contributed by atoms with E-state index < -0.39 is 0 Å². The van der Waals surface area contributed by atoms with Gasteiger partial charge in [-0.2, -0.15) is 0 Å². The molecule has 0 radical (unpaired) electrons. The number of likely N-dealkylation sites (N-methyl/N-ethyl adjacent to an activating group) is 1. The first-order valence-corrected chi connectivity index (χ1v) is 9.94. The second-order valence-electron chi connectivity index (χ2n) is 7.03. The summed E-state index contributed by atoms with van der Waals surface area (Å²) in [5, 5.41) is 5.63. The number of aromatic nitrogens is 2. The van der Waals surface area contributed by atoms with Crippen LogP contribution in [0.3, 0.4) is 0 Å². The minimum atomic E-state index is -0.150. The van der Waals surface area contributed by atoms with Gasteiger partial charge in [0.15, 0.2) is 0 Å². The molecule has 4 rings (SSSR count). The van der Waals surface area contributed by atoms with E-state index in [1.165, 1.54) is 4.88 Å². The molecule has 1 aromatic carbocycles. The van der Waals surface area contributed by atoms with Crippen LogP contribution in [0.5, 0.6) is 0 Å². The third-order valence-corrected chi connectivity index (χ3v) is 6.00. The fraction of sp³-hybridized carbons (Fsp3) is 0.350. The van der Waals surface area contributed by atoms with Gasteiger partial charge < -0.3 is 10.2 Å². The van der Waals surface area contributed by atoms with Crippen LogP contribution in [0.25, 0.3) is 10.9 Å². The molecule has 1 amide bonds. The Morgan fingerprint density at radius 1 is 1.37 bits per heavy atom. The van der Waals surface area contributed by atoms with Crippen molar-refractivity contribution < 1.29 is 4.79 Å². The normalized spacial score (nSPS) is 14.5. The molecule has 1 aliphatic heterocycles. The van der Waals surface area contributed by atoms with Crippen LogP contribution in [0.15, 0.2) is 40.5 Å². The van der Waals surface area contributed by atoms with E-state index in [0.717, 1.165) is 25.2 Å². The van der Waals surface area contributed by atoms with Crippen molar-refractivity contribution in [1.29, 1.82) is 0 Å². The van der Waals surface area contributed by atoms with E-state index in [0.29, 0.717) is 23.0 Å². The molecule has 0 saturated carbocycles. The summed E-state index contributed by atoms with van der Waals surface area (Å²) in [7, 11) is 4.01. The molecule has 1 atom stereocenters. The molecule has 1 aliphatic rings. The molecule has 1 N–H and O–H groups in total. The predicted molar refractivity (Wildman–Crippen MR) is 107 cm³/mol. The SMILES string of the molecule is CN(C)C(CNC(=O)c1ccc2c(=O)n3c(nc2c1)CCC3)c1cccs1. The average Bonchev–Trinajstić information content (AvgIpc) is 3.33. The molecule has 0 bridgehead atoms. The molecule has 27 heavy (non-hydrogen) atoms. The van der Waals surface area contributed by atoms with Crippen molar-refractivity contribution in [2.75, 3.05) is 20.6 Å². The number of nitrogens with one attached hydrogen (secondary N) is 1. The van der Waals surface area contributed by atoms with Gasteiger partial charge in [0.2, 0.25) is 0 Å². The molecule has 3 heterocycles. The summed E-state index contributed by atoms with van der Waals surface area (Å²) < 4.78 is 1.74. The number of aryl methyl sites for hydroxylation is 1. The van der Waals surface area contributed by atoms with Crippen molar-refractivity contribution in [3.63, 3.8) is 0 Å². The van der Waals surface area contributed by atoms with E-state index in [2.05, 4.69) is 21.3 Å². The Hall–Kier alpha value is -2.51. The van der Waals surface area contributed by atoms with Crippen molar-refractivity contribution in [3.05, 3.63) is 62.3 Å². The van der Waals surface area contributed by atoms with Crippen LogP contribution in [0.1, 0.15) is 33.5 Å². The van der Waals surface area contributed by atoms with Crippen LogP contribution in [-0.4, -0.2) is 41.0 Å². The number of fused-ring (bicyclic) bond motifs is 2. The predicted octanol–water partition coefficient (Wildman–Crippen LogP) is 2.44. The van der Waals surface area contributed by atoms with Gasteiger partial charge in [0, 0.05) is 30.0 Å². The second-order valence-corrected chi connectivity index (χ2v) is 8.00. The van der Waals surface area contributed by atoms with E-state index in [1.807, 2.05) is 25.5 Å². The van der Waals surface area contributed by atoms with Crippen LogP contribution in [0.2, 0.25) is 0 Å². The Balaban J connectivity index is 1.56. The number of hydrogen-bond donors (Lipinski definition) is 1. The highest BCUT2D eigenvalue weighted by Crippen LogP contribution is 2.22. The van der Waals surface area contributed by atoms with Gasteiger partial charge >= 0.3 is 0 Å². The summed E-state index contributed by atoms with van der Waals surface area (Å²) in [6, 6.07) is 9.37. The number of carbonyl (C=O) groups excluding carboxylic acids is 1. The van der Waals surface area contributed by atoms with Gasteiger partial charge in [-0.25, -0.2) is 4.98 Å². The van der Waals surface area contributed by atoms with Crippen LogP contribution >= 0.6 is 11.3 Å². The largest absolute Gasteiger partial charge is 0.350 e. The van der Waals surface area contributed by atoms with E-state index in [4.69, 9.17) is 0 Å². The maximum Gasteiger partial charge on any atom is 0.261 e. The molecule has 6 nitrogen and oxygen atoms in total. The molecule has 1 unspecified atom stereocenters. The minimum absolute atomic E-state index is 0.00942. The zero-order valence-corrected chi connectivity index (χ0v) is 16.3. The lowest BCUT2D eigenvalue weighted by molar-refractivity contribution is 0.0942. The van der Waals surface area contributed by atoms with E-state index in [1.54, 1.807) is 34.1 Å². The van der Waals surface area contributed by atoms with Crippen LogP contribution in [0, 0.1) is 0 Å². The highest BCUT2D eigenvalue weighted by molar-refractivity contribution is 7.10. The van der Waals surface area contributed by atoms with Crippen molar-refractivity contribution in [3.8, 4) is 0 Å². The average molecular weight is 382 g/mol. The third-order valence-electron chi connectivity index (χ3n) is 5.03. The lowest BCUT2D eigenvalue weighted by Gasteiger charge is -2.23. The Kier molecular flexibility index (Phi) is 4.80. The van der Waals surface area contributed by atoms with Crippen LogP contribution in [0.4, 0.5) is 0 Å². The lowest BCUT2D eigenvalue weighted by atomic mass is 10.1. The summed E-state index contributed by atoms with van der Waals surface area (Å²) in [4.78, 5) is 33.1. The molecule has 0 saturated heterocycles. The molecule has 0 aliphatic carbocycles. The minimum Gasteiger partial charge on any atom is -0.350 e. The summed E-state index contributed by atoms with van der Waals surface area (Å²) in [5.74, 6) is 0.665. The number of nitrogens with zero attached hydrogens (tertiary/aromatic N) is 3. The summed E-state index contributed by atoms with van der Waals surface area (Å²) >= 11 is 1.68. The smallest absolute Gasteiger partial charge is 0.261 e. The summed E-state index contributed by atoms with van der Waals surface area (Å²) in [6.45, 7) is 1.25. The van der Waals surface area contributed by atoms with E-state index in [9.17, 15) is 9.59 Å². The molecular weight excluding hydrogens is 360 g/mol. The van der Waals surface area contributed by atoms with Crippen molar-refractivity contribution in [2.45, 2.75) is 25.4 Å². The zero-order chi connectivity index (χ0) is 19.0. The van der Waals surface area contributed by atoms with Gasteiger partial charge in [-0.3, -0.25) is 14.2 Å². The van der Waals surface area contributed by atoms with Crippen molar-refractivity contribution in [2.24, 2.45) is 0 Å². The number of carbonyl (C=O) groups is 1. The highest BCUT2D eigenvalue weighted by atomic mass is 32.1. The Morgan fingerprint density at radius 2 is 2.22 bits per heavy atom. The van der Waals surface area contributed by atoms with Gasteiger partial charge in [0.25, 0.3) is 11.5 Å². The van der Waals surface area contributed by atoms with Gasteiger partial charge in [0.1, 0.15) is 5.82 Å². The Labute approximate surface area is 161 Å². The van der Waals surface area contributed by atoms with E-state index >= 15 is 0 Å². The molecule has 0 spiro atoms. The van der Waals surface area contributed by atoms with Crippen molar-refractivity contribution in [1.82, 2.24) is 19.8 Å². The fourth-order valence-corrected chi connectivity index (χ4v) is 4.46. The number of hydrogen-bond acceptors (Lipinski definition) is 5. The number of thiophene rings is 1. The summed E-state index contributed by atoms with van der Waals surface area (Å²) in [5.41, 5.74) is 1.12. The molecule has 0 fully saturated rings. The maximum absolute atomic E-state index is 12.7. The first-order valence-electron chi connectivity index (χ1n) is 9.06. The Bertz CT molecular complexity index is 1040. The molecule has 2 aromatic heterocycles. The monoisotopic (exact) mass is 382 g/mol. The maximum atomic E-state index is 12.7. The molecule has 7 heteroatoms. The first kappa shape index (κ1) is 17.9. The topological polar surface area (TPSA) is 67.2 Å². The van der Waals surface area contributed by atoms with Gasteiger partial charge in [-0.1, -0.05) is 6.07 Å². The first-order chi connectivity index (χ1) is 13.0. The third kappa shape index (κ3) is 3.40. The van der Waals surface area contributed by atoms with Crippen molar-refractivity contribution >= 4 is 28.1 Å².